The number of anilines is 2. The average molecular weight is 697 g/mol. The molecule has 1 atom stereocenters. The van der Waals surface area contributed by atoms with Gasteiger partial charge in [0.25, 0.3) is 0 Å². The number of methoxy groups -OCH3 is 3. The van der Waals surface area contributed by atoms with Crippen LogP contribution in [0.1, 0.15) is 56.2 Å². The normalized spacial score (nSPS) is 15.4. The number of para-hydroxylation sites is 2. The summed E-state index contributed by atoms with van der Waals surface area (Å²) in [7, 11) is 6.77. The van der Waals surface area contributed by atoms with Gasteiger partial charge in [-0.3, -0.25) is 14.4 Å². The fraction of sp³-hybridized carbons (Fsp3) is 0.436. The molecule has 1 aromatic heterocycles. The monoisotopic (exact) mass is 696 g/mol. The zero-order chi connectivity index (χ0) is 36.1. The van der Waals surface area contributed by atoms with Crippen molar-refractivity contribution in [2.45, 2.75) is 51.5 Å². The lowest BCUT2D eigenvalue weighted by molar-refractivity contribution is -0.131. The van der Waals surface area contributed by atoms with Crippen LogP contribution < -0.4 is 35.2 Å². The number of rotatable bonds is 12. The maximum atomic E-state index is 13.6. The second-order valence-corrected chi connectivity index (χ2v) is 13.2. The number of nitrogens with zero attached hydrogens (tertiary/aromatic N) is 4. The molecule has 2 N–H and O–H groups in total. The third-order valence-electron chi connectivity index (χ3n) is 9.98. The number of unbranched alkanes of at least 4 members (excludes halogenated alkanes) is 2. The molecule has 3 aromatic carbocycles. The van der Waals surface area contributed by atoms with E-state index in [4.69, 9.17) is 19.2 Å². The first-order valence-corrected chi connectivity index (χ1v) is 17.7. The van der Waals surface area contributed by atoms with Gasteiger partial charge in [-0.05, 0) is 72.7 Å². The molecule has 0 spiro atoms. The van der Waals surface area contributed by atoms with E-state index < -0.39 is 0 Å². The molecule has 4 aromatic rings. The Morgan fingerprint density at radius 1 is 0.922 bits per heavy atom. The van der Waals surface area contributed by atoms with Gasteiger partial charge in [0.15, 0.2) is 11.5 Å². The molecule has 0 saturated carbocycles. The fourth-order valence-corrected chi connectivity index (χ4v) is 7.38. The van der Waals surface area contributed by atoms with E-state index >= 15 is 0 Å². The Kier molecular flexibility index (Phi) is 11.0. The molecular weight excluding hydrogens is 648 g/mol. The molecule has 1 aliphatic carbocycles. The summed E-state index contributed by atoms with van der Waals surface area (Å²) in [5, 5.41) is 6.37. The first kappa shape index (κ1) is 35.6. The maximum absolute atomic E-state index is 13.6. The lowest BCUT2D eigenvalue weighted by Gasteiger charge is -2.35. The van der Waals surface area contributed by atoms with Crippen molar-refractivity contribution in [1.82, 2.24) is 19.8 Å². The number of nitrogens with one attached hydrogen (secondary N) is 2. The highest BCUT2D eigenvalue weighted by molar-refractivity contribution is 5.84. The van der Waals surface area contributed by atoms with Gasteiger partial charge in [0.1, 0.15) is 0 Å². The summed E-state index contributed by atoms with van der Waals surface area (Å²) in [6, 6.07) is 15.0. The minimum absolute atomic E-state index is 0.164. The largest absolute Gasteiger partial charge is 0.493 e. The minimum Gasteiger partial charge on any atom is -0.493 e. The zero-order valence-corrected chi connectivity index (χ0v) is 30.2. The quantitative estimate of drug-likeness (QED) is 0.195. The van der Waals surface area contributed by atoms with E-state index in [-0.39, 0.29) is 23.3 Å². The molecule has 1 unspecified atom stereocenters. The van der Waals surface area contributed by atoms with Crippen LogP contribution in [0.2, 0.25) is 0 Å². The molecule has 1 aliphatic heterocycles. The second kappa shape index (κ2) is 15.7. The van der Waals surface area contributed by atoms with E-state index in [9.17, 15) is 14.4 Å². The number of hydrogen-bond donors (Lipinski definition) is 2. The van der Waals surface area contributed by atoms with Gasteiger partial charge in [-0.25, -0.2) is 4.98 Å². The van der Waals surface area contributed by atoms with Crippen LogP contribution in [0.15, 0.2) is 53.3 Å². The predicted octanol–water partition coefficient (Wildman–Crippen LogP) is 5.07. The SMILES string of the molecule is COc1cc2c(c(OC)c1OC)-c1ccc(NCCCCCC(=O)N3CCN(c4nc5ccccc5n4C)CC3)c(=O)cc1C(NC(C)=O)CC2. The van der Waals surface area contributed by atoms with Crippen molar-refractivity contribution in [3.63, 3.8) is 0 Å². The van der Waals surface area contributed by atoms with Crippen molar-refractivity contribution >= 4 is 34.5 Å². The maximum Gasteiger partial charge on any atom is 0.222 e. The summed E-state index contributed by atoms with van der Waals surface area (Å²) in [5.41, 5.74) is 5.70. The summed E-state index contributed by atoms with van der Waals surface area (Å²) in [6.45, 7) is 4.96. The standard InChI is InChI=1S/C39H48N6O6/c1-25(46)41-29-16-14-26-23-34(49-3)37(50-4)38(51-5)36(26)27-15-17-31(33(47)24-28(27)29)40-18-10-6-7-13-35(48)44-19-21-45(22-20-44)39-42-30-11-8-9-12-32(30)43(39)2/h8-9,11-12,15,17,23-24,29H,6-7,10,13-14,16,18-22H2,1-5H3,(H,40,47)(H,41,46). The number of aryl methyl sites for hydroxylation is 2. The molecule has 2 aliphatic rings. The Morgan fingerprint density at radius 2 is 1.69 bits per heavy atom. The summed E-state index contributed by atoms with van der Waals surface area (Å²) in [4.78, 5) is 47.8. The minimum atomic E-state index is -0.366. The van der Waals surface area contributed by atoms with E-state index in [0.29, 0.717) is 61.8 Å². The second-order valence-electron chi connectivity index (χ2n) is 13.2. The molecule has 12 heteroatoms. The molecular formula is C39H48N6O6. The lowest BCUT2D eigenvalue weighted by Crippen LogP contribution is -2.49. The van der Waals surface area contributed by atoms with E-state index in [1.165, 1.54) is 6.92 Å². The smallest absolute Gasteiger partial charge is 0.222 e. The van der Waals surface area contributed by atoms with Gasteiger partial charge in [0.05, 0.1) is 44.1 Å². The van der Waals surface area contributed by atoms with Crippen LogP contribution in [0.5, 0.6) is 17.2 Å². The molecule has 0 bridgehead atoms. The number of benzene rings is 2. The van der Waals surface area contributed by atoms with Crippen LogP contribution >= 0.6 is 0 Å². The van der Waals surface area contributed by atoms with Gasteiger partial charge >= 0.3 is 0 Å². The molecule has 1 fully saturated rings. The van der Waals surface area contributed by atoms with Gasteiger partial charge in [0.2, 0.25) is 28.9 Å². The van der Waals surface area contributed by atoms with Gasteiger partial charge < -0.3 is 39.2 Å². The number of fused-ring (bicyclic) bond motifs is 4. The van der Waals surface area contributed by atoms with Crippen LogP contribution in [0.4, 0.5) is 11.6 Å². The molecule has 270 valence electrons. The topological polar surface area (TPSA) is 127 Å². The Hall–Kier alpha value is -5.26. The Morgan fingerprint density at radius 3 is 2.39 bits per heavy atom. The molecule has 51 heavy (non-hydrogen) atoms. The third kappa shape index (κ3) is 7.45. The highest BCUT2D eigenvalue weighted by atomic mass is 16.5. The molecule has 2 amide bonds. The van der Waals surface area contributed by atoms with Crippen molar-refractivity contribution in [1.29, 1.82) is 0 Å². The zero-order valence-electron chi connectivity index (χ0n) is 30.2. The number of imidazole rings is 1. The number of amides is 2. The van der Waals surface area contributed by atoms with Crippen molar-refractivity contribution in [2.75, 3.05) is 64.3 Å². The Balaban J connectivity index is 1.06. The Bertz CT molecular complexity index is 1970. The van der Waals surface area contributed by atoms with E-state index in [1.54, 1.807) is 33.5 Å². The van der Waals surface area contributed by atoms with Gasteiger partial charge in [-0.15, -0.1) is 0 Å². The van der Waals surface area contributed by atoms with E-state index in [2.05, 4.69) is 26.2 Å². The van der Waals surface area contributed by atoms with Crippen LogP contribution in [0.25, 0.3) is 22.2 Å². The Labute approximate surface area is 298 Å². The van der Waals surface area contributed by atoms with Gasteiger partial charge in [-0.2, -0.15) is 0 Å². The number of ether oxygens (including phenoxy) is 3. The van der Waals surface area contributed by atoms with Crippen molar-refractivity contribution < 1.29 is 23.8 Å². The highest BCUT2D eigenvalue weighted by Gasteiger charge is 2.30. The highest BCUT2D eigenvalue weighted by Crippen LogP contribution is 2.50. The van der Waals surface area contributed by atoms with Crippen LogP contribution in [-0.2, 0) is 23.1 Å². The van der Waals surface area contributed by atoms with Crippen LogP contribution in [0.3, 0.4) is 0 Å². The van der Waals surface area contributed by atoms with Gasteiger partial charge in [0, 0.05) is 58.7 Å². The third-order valence-corrected chi connectivity index (χ3v) is 9.98. The molecule has 12 nitrogen and oxygen atoms in total. The summed E-state index contributed by atoms with van der Waals surface area (Å²) in [6.07, 6.45) is 4.20. The first-order chi connectivity index (χ1) is 24.7. The number of carbonyl (C=O) groups excluding carboxylic acids is 2. The number of aromatic nitrogens is 2. The van der Waals surface area contributed by atoms with Crippen molar-refractivity contribution in [3.8, 4) is 28.4 Å². The predicted molar refractivity (Wildman–Crippen MR) is 199 cm³/mol. The summed E-state index contributed by atoms with van der Waals surface area (Å²) in [5.74, 6) is 2.49. The first-order valence-electron chi connectivity index (χ1n) is 17.7. The number of piperazine rings is 1. The van der Waals surface area contributed by atoms with E-state index in [0.717, 1.165) is 71.6 Å². The molecule has 0 radical (unpaired) electrons. The average Bonchev–Trinajstić information content (AvgIpc) is 3.29. The van der Waals surface area contributed by atoms with Gasteiger partial charge in [-0.1, -0.05) is 24.6 Å². The molecule has 1 saturated heterocycles. The number of hydrogen-bond acceptors (Lipinski definition) is 9. The van der Waals surface area contributed by atoms with Crippen molar-refractivity contribution in [2.24, 2.45) is 7.05 Å². The summed E-state index contributed by atoms with van der Waals surface area (Å²) >= 11 is 0. The molecule has 2 heterocycles. The van der Waals surface area contributed by atoms with E-state index in [1.807, 2.05) is 42.3 Å². The fourth-order valence-electron chi connectivity index (χ4n) is 7.38. The van der Waals surface area contributed by atoms with Crippen molar-refractivity contribution in [3.05, 3.63) is 69.9 Å². The lowest BCUT2D eigenvalue weighted by atomic mass is 9.95. The number of carbonyl (C=O) groups is 2. The molecule has 6 rings (SSSR count). The summed E-state index contributed by atoms with van der Waals surface area (Å²) < 4.78 is 19.3. The van der Waals surface area contributed by atoms with Crippen LogP contribution in [0, 0.1) is 0 Å². The van der Waals surface area contributed by atoms with Crippen LogP contribution in [-0.4, -0.2) is 80.3 Å².